The van der Waals surface area contributed by atoms with Gasteiger partial charge in [0.1, 0.15) is 0 Å². The zero-order valence-electron chi connectivity index (χ0n) is 9.37. The third-order valence-electron chi connectivity index (χ3n) is 5.07. The van der Waals surface area contributed by atoms with Crippen LogP contribution in [0, 0.1) is 23.2 Å². The van der Waals surface area contributed by atoms with Gasteiger partial charge in [-0.1, -0.05) is 0 Å². The van der Waals surface area contributed by atoms with Gasteiger partial charge in [0.05, 0.1) is 0 Å². The van der Waals surface area contributed by atoms with Crippen LogP contribution in [0.25, 0.3) is 0 Å². The zero-order chi connectivity index (χ0) is 10.5. The van der Waals surface area contributed by atoms with Crippen molar-refractivity contribution in [3.63, 3.8) is 0 Å². The van der Waals surface area contributed by atoms with Gasteiger partial charge in [-0.2, -0.15) is 0 Å². The van der Waals surface area contributed by atoms with Crippen molar-refractivity contribution in [2.45, 2.75) is 51.4 Å². The van der Waals surface area contributed by atoms with Crippen molar-refractivity contribution in [2.75, 3.05) is 0 Å². The molecular weight excluding hydrogens is 186 g/mol. The molecule has 1 amide bonds. The zero-order valence-corrected chi connectivity index (χ0v) is 9.37. The van der Waals surface area contributed by atoms with Crippen LogP contribution < -0.4 is 5.73 Å². The molecule has 4 aliphatic carbocycles. The number of primary amides is 1. The maximum atomic E-state index is 10.9. The predicted octanol–water partition coefficient (Wildman–Crippen LogP) is 2.47. The number of amides is 1. The van der Waals surface area contributed by atoms with Crippen molar-refractivity contribution >= 4 is 5.91 Å². The minimum Gasteiger partial charge on any atom is -0.370 e. The molecule has 2 N–H and O–H groups in total. The van der Waals surface area contributed by atoms with Crippen LogP contribution in [0.2, 0.25) is 0 Å². The van der Waals surface area contributed by atoms with Crippen LogP contribution in [0.1, 0.15) is 51.4 Å². The van der Waals surface area contributed by atoms with E-state index in [1.54, 1.807) is 0 Å². The van der Waals surface area contributed by atoms with Gasteiger partial charge in [0, 0.05) is 6.42 Å². The summed E-state index contributed by atoms with van der Waals surface area (Å²) in [6, 6.07) is 0. The highest BCUT2D eigenvalue weighted by Crippen LogP contribution is 2.61. The van der Waals surface area contributed by atoms with Gasteiger partial charge in [0.15, 0.2) is 0 Å². The Morgan fingerprint density at radius 2 is 1.53 bits per heavy atom. The van der Waals surface area contributed by atoms with Crippen molar-refractivity contribution in [1.29, 1.82) is 0 Å². The molecule has 0 saturated heterocycles. The van der Waals surface area contributed by atoms with E-state index in [1.807, 2.05) is 0 Å². The van der Waals surface area contributed by atoms with E-state index in [9.17, 15) is 4.79 Å². The quantitative estimate of drug-likeness (QED) is 0.759. The number of hydrogen-bond acceptors (Lipinski definition) is 1. The first-order valence-corrected chi connectivity index (χ1v) is 6.43. The van der Waals surface area contributed by atoms with E-state index >= 15 is 0 Å². The van der Waals surface area contributed by atoms with Crippen LogP contribution in [-0.4, -0.2) is 5.91 Å². The molecule has 0 heterocycles. The van der Waals surface area contributed by atoms with E-state index in [4.69, 9.17) is 5.73 Å². The van der Waals surface area contributed by atoms with Crippen molar-refractivity contribution in [3.05, 3.63) is 0 Å². The molecule has 0 aromatic rings. The highest BCUT2D eigenvalue weighted by atomic mass is 16.1. The lowest BCUT2D eigenvalue weighted by Crippen LogP contribution is -2.46. The number of hydrogen-bond donors (Lipinski definition) is 1. The van der Waals surface area contributed by atoms with E-state index in [-0.39, 0.29) is 5.91 Å². The Labute approximate surface area is 91.6 Å². The van der Waals surface area contributed by atoms with Crippen LogP contribution in [0.4, 0.5) is 0 Å². The molecule has 4 fully saturated rings. The van der Waals surface area contributed by atoms with E-state index < -0.39 is 0 Å². The van der Waals surface area contributed by atoms with E-state index in [2.05, 4.69) is 0 Å². The molecule has 84 valence electrons. The molecule has 4 saturated carbocycles. The fraction of sp³-hybridized carbons (Fsp3) is 0.923. The third-order valence-corrected chi connectivity index (χ3v) is 5.07. The molecule has 0 radical (unpaired) electrons. The fourth-order valence-corrected chi connectivity index (χ4v) is 4.98. The standard InChI is InChI=1S/C13H21NO/c14-12(15)1-2-13-6-9-3-10(7-13)5-11(4-9)8-13/h9-11H,1-8H2,(H2,14,15). The average molecular weight is 207 g/mol. The first-order chi connectivity index (χ1) is 7.15. The van der Waals surface area contributed by atoms with Crippen LogP contribution in [0.3, 0.4) is 0 Å². The maximum Gasteiger partial charge on any atom is 0.217 e. The second kappa shape index (κ2) is 3.23. The SMILES string of the molecule is NC(=O)CCC12CC3CC(CC(C3)C1)C2. The Balaban J connectivity index is 1.72. The highest BCUT2D eigenvalue weighted by molar-refractivity contribution is 5.73. The van der Waals surface area contributed by atoms with Gasteiger partial charge in [-0.3, -0.25) is 4.79 Å². The summed E-state index contributed by atoms with van der Waals surface area (Å²) in [6.07, 6.45) is 10.3. The van der Waals surface area contributed by atoms with E-state index in [1.165, 1.54) is 38.5 Å². The number of rotatable bonds is 3. The van der Waals surface area contributed by atoms with Crippen LogP contribution >= 0.6 is 0 Å². The monoisotopic (exact) mass is 207 g/mol. The van der Waals surface area contributed by atoms with Gasteiger partial charge in [-0.05, 0) is 68.1 Å². The molecule has 0 aliphatic heterocycles. The largest absolute Gasteiger partial charge is 0.370 e. The van der Waals surface area contributed by atoms with Crippen LogP contribution in [0.5, 0.6) is 0 Å². The van der Waals surface area contributed by atoms with Gasteiger partial charge in [0.2, 0.25) is 5.91 Å². The molecule has 15 heavy (non-hydrogen) atoms. The van der Waals surface area contributed by atoms with Gasteiger partial charge < -0.3 is 5.73 Å². The third kappa shape index (κ3) is 1.68. The Hall–Kier alpha value is -0.530. The summed E-state index contributed by atoms with van der Waals surface area (Å²) < 4.78 is 0. The highest BCUT2D eigenvalue weighted by Gasteiger charge is 2.50. The number of carbonyl (C=O) groups excluding carboxylic acids is 1. The summed E-state index contributed by atoms with van der Waals surface area (Å²) >= 11 is 0. The molecule has 0 unspecified atom stereocenters. The van der Waals surface area contributed by atoms with E-state index in [0.29, 0.717) is 11.8 Å². The van der Waals surface area contributed by atoms with Crippen molar-refractivity contribution < 1.29 is 4.79 Å². The molecule has 0 spiro atoms. The lowest BCUT2D eigenvalue weighted by atomic mass is 9.48. The molecule has 4 bridgehead atoms. The lowest BCUT2D eigenvalue weighted by molar-refractivity contribution is -0.120. The van der Waals surface area contributed by atoms with Crippen LogP contribution in [0.15, 0.2) is 0 Å². The first kappa shape index (κ1) is 9.68. The summed E-state index contributed by atoms with van der Waals surface area (Å²) in [5, 5.41) is 0. The van der Waals surface area contributed by atoms with Crippen molar-refractivity contribution in [1.82, 2.24) is 0 Å². The molecular formula is C13H21NO. The summed E-state index contributed by atoms with van der Waals surface area (Å²) in [4.78, 5) is 10.9. The Bertz CT molecular complexity index is 249. The Morgan fingerprint density at radius 1 is 1.07 bits per heavy atom. The van der Waals surface area contributed by atoms with Gasteiger partial charge in [0.25, 0.3) is 0 Å². The van der Waals surface area contributed by atoms with Crippen molar-refractivity contribution in [3.8, 4) is 0 Å². The molecule has 0 atom stereocenters. The molecule has 0 aromatic carbocycles. The second-order valence-electron chi connectivity index (χ2n) is 6.38. The minimum atomic E-state index is -0.106. The predicted molar refractivity (Wildman–Crippen MR) is 59.0 cm³/mol. The van der Waals surface area contributed by atoms with Gasteiger partial charge in [-0.25, -0.2) is 0 Å². The molecule has 4 rings (SSSR count). The van der Waals surface area contributed by atoms with Crippen molar-refractivity contribution in [2.24, 2.45) is 28.9 Å². The maximum absolute atomic E-state index is 10.9. The first-order valence-electron chi connectivity index (χ1n) is 6.43. The minimum absolute atomic E-state index is 0.106. The summed E-state index contributed by atoms with van der Waals surface area (Å²) in [5.41, 5.74) is 5.81. The fourth-order valence-electron chi connectivity index (χ4n) is 4.98. The Morgan fingerprint density at radius 3 is 1.93 bits per heavy atom. The lowest BCUT2D eigenvalue weighted by Gasteiger charge is -2.57. The molecule has 2 heteroatoms. The van der Waals surface area contributed by atoms with Gasteiger partial charge in [-0.15, -0.1) is 0 Å². The molecule has 2 nitrogen and oxygen atoms in total. The Kier molecular flexibility index (Phi) is 2.08. The van der Waals surface area contributed by atoms with Crippen LogP contribution in [-0.2, 0) is 4.79 Å². The average Bonchev–Trinajstić information content (AvgIpc) is 2.12. The summed E-state index contributed by atoms with van der Waals surface area (Å²) in [5.74, 6) is 2.86. The molecule has 4 aliphatic rings. The van der Waals surface area contributed by atoms with Gasteiger partial charge >= 0.3 is 0 Å². The molecule has 0 aromatic heterocycles. The van der Waals surface area contributed by atoms with E-state index in [0.717, 1.165) is 24.2 Å². The number of carbonyl (C=O) groups is 1. The topological polar surface area (TPSA) is 43.1 Å². The summed E-state index contributed by atoms with van der Waals surface area (Å²) in [7, 11) is 0. The normalized spacial score (nSPS) is 47.1. The smallest absolute Gasteiger partial charge is 0.217 e. The number of nitrogens with two attached hydrogens (primary N) is 1. The summed E-state index contributed by atoms with van der Waals surface area (Å²) in [6.45, 7) is 0. The second-order valence-corrected chi connectivity index (χ2v) is 6.38.